The molecule has 0 aliphatic rings. The molecule has 0 aliphatic carbocycles. The van der Waals surface area contributed by atoms with Crippen molar-refractivity contribution in [3.8, 4) is 11.8 Å². The molecule has 3 rings (SSSR count). The van der Waals surface area contributed by atoms with Crippen molar-refractivity contribution in [1.82, 2.24) is 0 Å². The second-order valence-electron chi connectivity index (χ2n) is 7.03. The van der Waals surface area contributed by atoms with Crippen LogP contribution in [0.5, 0.6) is 5.75 Å². The molecule has 0 saturated heterocycles. The Hall–Kier alpha value is -3.89. The predicted molar refractivity (Wildman–Crippen MR) is 130 cm³/mol. The Labute approximate surface area is 200 Å². The fraction of sp³-hybridized carbons (Fsp3) is 0.115. The first-order chi connectivity index (χ1) is 15.9. The summed E-state index contributed by atoms with van der Waals surface area (Å²) in [4.78, 5) is 24.3. The summed E-state index contributed by atoms with van der Waals surface area (Å²) in [5.74, 6) is -0.337. The molecule has 1 N–H and O–H groups in total. The lowest BCUT2D eigenvalue weighted by Crippen LogP contribution is -2.13. The van der Waals surface area contributed by atoms with Crippen molar-refractivity contribution in [2.24, 2.45) is 0 Å². The third kappa shape index (κ3) is 6.09. The van der Waals surface area contributed by atoms with Gasteiger partial charge in [-0.15, -0.1) is 0 Å². The van der Waals surface area contributed by atoms with Crippen molar-refractivity contribution < 1.29 is 19.1 Å². The Morgan fingerprint density at radius 1 is 1.03 bits per heavy atom. The summed E-state index contributed by atoms with van der Waals surface area (Å²) in [5, 5.41) is 12.3. The normalized spacial score (nSPS) is 10.8. The first-order valence-corrected chi connectivity index (χ1v) is 10.8. The van der Waals surface area contributed by atoms with Crippen LogP contribution in [0, 0.1) is 11.3 Å². The molecular weight excluding hydrogens is 484 g/mol. The number of benzene rings is 3. The number of nitrogens with one attached hydrogen (secondary N) is 1. The van der Waals surface area contributed by atoms with E-state index in [1.54, 1.807) is 31.4 Å². The van der Waals surface area contributed by atoms with Crippen LogP contribution in [0.15, 0.2) is 76.8 Å². The van der Waals surface area contributed by atoms with Crippen LogP contribution in [0.1, 0.15) is 27.0 Å². The summed E-state index contributed by atoms with van der Waals surface area (Å²) in [7, 11) is 2.89. The van der Waals surface area contributed by atoms with Crippen LogP contribution in [-0.2, 0) is 16.0 Å². The highest BCUT2D eigenvalue weighted by Crippen LogP contribution is 2.26. The van der Waals surface area contributed by atoms with E-state index in [0.29, 0.717) is 23.4 Å². The molecule has 0 aliphatic heterocycles. The Morgan fingerprint density at radius 3 is 2.39 bits per heavy atom. The number of nitriles is 1. The summed E-state index contributed by atoms with van der Waals surface area (Å²) < 4.78 is 11.0. The van der Waals surface area contributed by atoms with E-state index < -0.39 is 11.9 Å². The third-order valence-corrected chi connectivity index (χ3v) is 5.69. The van der Waals surface area contributed by atoms with E-state index in [4.69, 9.17) is 4.74 Å². The van der Waals surface area contributed by atoms with Crippen molar-refractivity contribution in [2.75, 3.05) is 19.5 Å². The van der Waals surface area contributed by atoms with Crippen LogP contribution < -0.4 is 10.1 Å². The highest BCUT2D eigenvalue weighted by atomic mass is 79.9. The molecular formula is C26H21BrN2O4. The van der Waals surface area contributed by atoms with Gasteiger partial charge >= 0.3 is 5.97 Å². The van der Waals surface area contributed by atoms with Crippen LogP contribution in [-0.4, -0.2) is 26.1 Å². The van der Waals surface area contributed by atoms with Gasteiger partial charge in [0.2, 0.25) is 0 Å². The molecule has 0 fully saturated rings. The highest BCUT2D eigenvalue weighted by molar-refractivity contribution is 9.10. The zero-order valence-electron chi connectivity index (χ0n) is 18.1. The van der Waals surface area contributed by atoms with Crippen molar-refractivity contribution >= 4 is 39.6 Å². The predicted octanol–water partition coefficient (Wildman–Crippen LogP) is 5.38. The zero-order valence-corrected chi connectivity index (χ0v) is 19.7. The number of nitrogens with zero attached hydrogens (tertiary/aromatic N) is 1. The molecule has 33 heavy (non-hydrogen) atoms. The van der Waals surface area contributed by atoms with Gasteiger partial charge in [0.05, 0.1) is 19.8 Å². The van der Waals surface area contributed by atoms with Crippen molar-refractivity contribution in [1.29, 1.82) is 5.26 Å². The lowest BCUT2D eigenvalue weighted by Gasteiger charge is -2.11. The molecule has 0 aromatic heterocycles. The Bertz CT molecular complexity index is 1240. The van der Waals surface area contributed by atoms with Crippen molar-refractivity contribution in [3.05, 3.63) is 99.0 Å². The lowest BCUT2D eigenvalue weighted by molar-refractivity contribution is -0.112. The van der Waals surface area contributed by atoms with Crippen LogP contribution in [0.3, 0.4) is 0 Å². The van der Waals surface area contributed by atoms with Crippen LogP contribution in [0.2, 0.25) is 0 Å². The van der Waals surface area contributed by atoms with E-state index in [0.717, 1.165) is 21.2 Å². The molecule has 0 heterocycles. The van der Waals surface area contributed by atoms with Gasteiger partial charge < -0.3 is 14.8 Å². The maximum atomic E-state index is 12.7. The molecule has 0 unspecified atom stereocenters. The minimum atomic E-state index is -0.550. The van der Waals surface area contributed by atoms with Crippen LogP contribution in [0.25, 0.3) is 6.08 Å². The molecule has 0 spiro atoms. The standard InChI is InChI=1S/C26H21BrN2O4/c1-32-23-12-9-18(20(15-23)14-19-5-3-4-6-24(19)27)13-21(16-28)25(30)29-22-10-7-17(8-11-22)26(31)33-2/h3-13,15H,14H2,1-2H3,(H,29,30)/b21-13+. The molecule has 3 aromatic rings. The topological polar surface area (TPSA) is 88.4 Å². The number of carbonyl (C=O) groups is 2. The number of amides is 1. The van der Waals surface area contributed by atoms with Crippen LogP contribution in [0.4, 0.5) is 5.69 Å². The fourth-order valence-electron chi connectivity index (χ4n) is 3.16. The number of hydrogen-bond acceptors (Lipinski definition) is 5. The van der Waals surface area contributed by atoms with Crippen LogP contribution >= 0.6 is 15.9 Å². The van der Waals surface area contributed by atoms with Crippen molar-refractivity contribution in [3.63, 3.8) is 0 Å². The number of hydrogen-bond donors (Lipinski definition) is 1. The summed E-state index contributed by atoms with van der Waals surface area (Å²) in [5.41, 5.74) is 3.47. The number of methoxy groups -OCH3 is 2. The average molecular weight is 505 g/mol. The number of rotatable bonds is 7. The van der Waals surface area contributed by atoms with E-state index in [-0.39, 0.29) is 5.57 Å². The molecule has 6 nitrogen and oxygen atoms in total. The average Bonchev–Trinajstić information content (AvgIpc) is 2.84. The largest absolute Gasteiger partial charge is 0.497 e. The van der Waals surface area contributed by atoms with Gasteiger partial charge in [-0.25, -0.2) is 4.79 Å². The molecule has 0 saturated carbocycles. The van der Waals surface area contributed by atoms with Crippen molar-refractivity contribution in [2.45, 2.75) is 6.42 Å². The summed E-state index contributed by atoms with van der Waals surface area (Å²) in [6, 6.07) is 21.6. The molecule has 166 valence electrons. The number of anilines is 1. The maximum Gasteiger partial charge on any atom is 0.337 e. The van der Waals surface area contributed by atoms with E-state index in [9.17, 15) is 14.9 Å². The third-order valence-electron chi connectivity index (χ3n) is 4.92. The maximum absolute atomic E-state index is 12.7. The minimum Gasteiger partial charge on any atom is -0.497 e. The molecule has 1 amide bonds. The fourth-order valence-corrected chi connectivity index (χ4v) is 3.58. The summed E-state index contributed by atoms with van der Waals surface area (Å²) in [6.45, 7) is 0. The van der Waals surface area contributed by atoms with Gasteiger partial charge in [-0.2, -0.15) is 5.26 Å². The number of carbonyl (C=O) groups excluding carboxylic acids is 2. The summed E-state index contributed by atoms with van der Waals surface area (Å²) in [6.07, 6.45) is 2.14. The molecule has 0 radical (unpaired) electrons. The molecule has 7 heteroatoms. The van der Waals surface area contributed by atoms with E-state index >= 15 is 0 Å². The Kier molecular flexibility index (Phi) is 8.01. The monoisotopic (exact) mass is 504 g/mol. The Balaban J connectivity index is 1.88. The zero-order chi connectivity index (χ0) is 23.8. The highest BCUT2D eigenvalue weighted by Gasteiger charge is 2.13. The van der Waals surface area contributed by atoms with E-state index in [2.05, 4.69) is 26.0 Å². The molecule has 3 aromatic carbocycles. The SMILES string of the molecule is COC(=O)c1ccc(NC(=O)/C(C#N)=C/c2ccc(OC)cc2Cc2ccccc2Br)cc1. The second-order valence-corrected chi connectivity index (χ2v) is 7.88. The number of ether oxygens (including phenoxy) is 2. The van der Waals surface area contributed by atoms with Gasteiger partial charge in [0.1, 0.15) is 17.4 Å². The number of halogens is 1. The Morgan fingerprint density at radius 2 is 1.76 bits per heavy atom. The minimum absolute atomic E-state index is 0.0504. The van der Waals surface area contributed by atoms with Gasteiger partial charge in [0.25, 0.3) is 5.91 Å². The summed E-state index contributed by atoms with van der Waals surface area (Å²) >= 11 is 3.57. The molecule has 0 atom stereocenters. The molecule has 0 bridgehead atoms. The van der Waals surface area contributed by atoms with Gasteiger partial charge in [-0.05, 0) is 71.7 Å². The first kappa shape index (κ1) is 23.8. The smallest absolute Gasteiger partial charge is 0.337 e. The lowest BCUT2D eigenvalue weighted by atomic mass is 9.97. The van der Waals surface area contributed by atoms with Gasteiger partial charge in [0.15, 0.2) is 0 Å². The van der Waals surface area contributed by atoms with Gasteiger partial charge in [0, 0.05) is 10.2 Å². The quantitative estimate of drug-likeness (QED) is 0.265. The number of esters is 1. The second kappa shape index (κ2) is 11.1. The van der Waals surface area contributed by atoms with Gasteiger partial charge in [-0.1, -0.05) is 40.2 Å². The van der Waals surface area contributed by atoms with E-state index in [1.807, 2.05) is 42.5 Å². The first-order valence-electron chi connectivity index (χ1n) is 9.97. The van der Waals surface area contributed by atoms with Gasteiger partial charge in [-0.3, -0.25) is 4.79 Å². The van der Waals surface area contributed by atoms with E-state index in [1.165, 1.54) is 19.2 Å².